The molecule has 0 saturated carbocycles. The van der Waals surface area contributed by atoms with Crippen LogP contribution in [-0.2, 0) is 11.3 Å². The molecule has 0 saturated heterocycles. The van der Waals surface area contributed by atoms with E-state index >= 15 is 0 Å². The number of hydrogen-bond donors (Lipinski definition) is 1. The zero-order valence-electron chi connectivity index (χ0n) is 8.19. The molecule has 1 unspecified atom stereocenters. The van der Waals surface area contributed by atoms with Crippen LogP contribution in [0.5, 0.6) is 5.75 Å². The lowest BCUT2D eigenvalue weighted by Crippen LogP contribution is -2.14. The van der Waals surface area contributed by atoms with Crippen molar-refractivity contribution in [3.05, 3.63) is 29.3 Å². The average Bonchev–Trinajstić information content (AvgIpc) is 2.27. The predicted octanol–water partition coefficient (Wildman–Crippen LogP) is 1.65. The van der Waals surface area contributed by atoms with Gasteiger partial charge in [0.05, 0.1) is 6.61 Å². The zero-order valence-corrected chi connectivity index (χ0v) is 8.19. The summed E-state index contributed by atoms with van der Waals surface area (Å²) in [5, 5.41) is 9.10. The Morgan fingerprint density at radius 2 is 2.36 bits per heavy atom. The molecule has 3 nitrogen and oxygen atoms in total. The van der Waals surface area contributed by atoms with Gasteiger partial charge in [-0.05, 0) is 5.56 Å². The number of aliphatic hydroxyl groups is 1. The van der Waals surface area contributed by atoms with Crippen molar-refractivity contribution < 1.29 is 14.6 Å². The zero-order chi connectivity index (χ0) is 9.97. The molecule has 1 aliphatic heterocycles. The van der Waals surface area contributed by atoms with Crippen molar-refractivity contribution in [1.29, 1.82) is 0 Å². The van der Waals surface area contributed by atoms with Crippen LogP contribution in [0.25, 0.3) is 0 Å². The van der Waals surface area contributed by atoms with Gasteiger partial charge in [-0.2, -0.15) is 0 Å². The van der Waals surface area contributed by atoms with E-state index in [4.69, 9.17) is 14.6 Å². The van der Waals surface area contributed by atoms with Gasteiger partial charge in [0.15, 0.2) is 6.79 Å². The fourth-order valence-electron chi connectivity index (χ4n) is 1.63. The van der Waals surface area contributed by atoms with Crippen LogP contribution in [0.1, 0.15) is 24.0 Å². The molecule has 1 aromatic rings. The molecule has 0 bridgehead atoms. The molecule has 3 heteroatoms. The average molecular weight is 194 g/mol. The molecule has 1 N–H and O–H groups in total. The molecule has 2 rings (SSSR count). The van der Waals surface area contributed by atoms with Gasteiger partial charge in [0, 0.05) is 18.1 Å². The first-order valence-corrected chi connectivity index (χ1v) is 4.76. The molecular formula is C11H14O3. The first-order valence-electron chi connectivity index (χ1n) is 4.76. The quantitative estimate of drug-likeness (QED) is 0.778. The van der Waals surface area contributed by atoms with E-state index in [0.717, 1.165) is 16.9 Å². The van der Waals surface area contributed by atoms with E-state index in [0.29, 0.717) is 13.4 Å². The number of para-hydroxylation sites is 1. The van der Waals surface area contributed by atoms with Crippen LogP contribution in [0.15, 0.2) is 18.2 Å². The normalized spacial score (nSPS) is 17.0. The predicted molar refractivity (Wildman–Crippen MR) is 52.2 cm³/mol. The van der Waals surface area contributed by atoms with Crippen LogP contribution in [-0.4, -0.2) is 18.5 Å². The van der Waals surface area contributed by atoms with Crippen LogP contribution in [0.4, 0.5) is 0 Å². The van der Waals surface area contributed by atoms with E-state index in [1.165, 1.54) is 0 Å². The minimum atomic E-state index is 0.114. The van der Waals surface area contributed by atoms with Gasteiger partial charge in [0.25, 0.3) is 0 Å². The number of benzene rings is 1. The summed E-state index contributed by atoms with van der Waals surface area (Å²) in [6.45, 7) is 3.03. The molecule has 0 amide bonds. The van der Waals surface area contributed by atoms with E-state index in [1.54, 1.807) is 0 Å². The molecule has 0 aromatic heterocycles. The Bertz CT molecular complexity index is 322. The number of rotatable bonds is 2. The standard InChI is InChI=1S/C11H14O3/c1-8(5-12)10-4-2-3-9-6-13-7-14-11(9)10/h2-4,8,12H,5-7H2,1H3. The summed E-state index contributed by atoms with van der Waals surface area (Å²) < 4.78 is 10.6. The lowest BCUT2D eigenvalue weighted by atomic mass is 9.98. The Hall–Kier alpha value is -1.06. The highest BCUT2D eigenvalue weighted by Crippen LogP contribution is 2.32. The van der Waals surface area contributed by atoms with Gasteiger partial charge >= 0.3 is 0 Å². The van der Waals surface area contributed by atoms with Crippen LogP contribution in [0.3, 0.4) is 0 Å². The first kappa shape index (κ1) is 9.49. The fraction of sp³-hybridized carbons (Fsp3) is 0.455. The second kappa shape index (κ2) is 3.98. The maximum Gasteiger partial charge on any atom is 0.189 e. The highest BCUT2D eigenvalue weighted by atomic mass is 16.7. The molecular weight excluding hydrogens is 180 g/mol. The van der Waals surface area contributed by atoms with Gasteiger partial charge in [0.2, 0.25) is 0 Å². The lowest BCUT2D eigenvalue weighted by molar-refractivity contribution is -0.0173. The van der Waals surface area contributed by atoms with Gasteiger partial charge in [-0.25, -0.2) is 0 Å². The summed E-state index contributed by atoms with van der Waals surface area (Å²) >= 11 is 0. The minimum Gasteiger partial charge on any atom is -0.467 e. The van der Waals surface area contributed by atoms with Crippen LogP contribution in [0, 0.1) is 0 Å². The van der Waals surface area contributed by atoms with Crippen LogP contribution < -0.4 is 4.74 Å². The molecule has 0 aliphatic carbocycles. The largest absolute Gasteiger partial charge is 0.467 e. The molecule has 0 radical (unpaired) electrons. The fourth-order valence-corrected chi connectivity index (χ4v) is 1.63. The SMILES string of the molecule is CC(CO)c1cccc2c1OCOC2. The van der Waals surface area contributed by atoms with Crippen molar-refractivity contribution in [2.75, 3.05) is 13.4 Å². The third kappa shape index (κ3) is 1.61. The molecule has 0 fully saturated rings. The van der Waals surface area contributed by atoms with Gasteiger partial charge in [0.1, 0.15) is 5.75 Å². The third-order valence-corrected chi connectivity index (χ3v) is 2.48. The first-order chi connectivity index (χ1) is 6.83. The maximum absolute atomic E-state index is 9.10. The topological polar surface area (TPSA) is 38.7 Å². The highest BCUT2D eigenvalue weighted by molar-refractivity contribution is 5.43. The van der Waals surface area contributed by atoms with Gasteiger partial charge in [-0.1, -0.05) is 25.1 Å². The van der Waals surface area contributed by atoms with Crippen molar-refractivity contribution >= 4 is 0 Å². The summed E-state index contributed by atoms with van der Waals surface area (Å²) in [4.78, 5) is 0. The smallest absolute Gasteiger partial charge is 0.189 e. The van der Waals surface area contributed by atoms with Crippen molar-refractivity contribution in [1.82, 2.24) is 0 Å². The van der Waals surface area contributed by atoms with E-state index in [2.05, 4.69) is 0 Å². The highest BCUT2D eigenvalue weighted by Gasteiger charge is 2.17. The minimum absolute atomic E-state index is 0.114. The van der Waals surface area contributed by atoms with E-state index < -0.39 is 0 Å². The summed E-state index contributed by atoms with van der Waals surface area (Å²) in [6.07, 6.45) is 0. The van der Waals surface area contributed by atoms with E-state index in [1.807, 2.05) is 25.1 Å². The molecule has 14 heavy (non-hydrogen) atoms. The second-order valence-corrected chi connectivity index (χ2v) is 3.53. The number of aliphatic hydroxyl groups excluding tert-OH is 1. The van der Waals surface area contributed by atoms with Crippen LogP contribution >= 0.6 is 0 Å². The molecule has 1 aliphatic rings. The number of ether oxygens (including phenoxy) is 2. The number of hydrogen-bond acceptors (Lipinski definition) is 3. The van der Waals surface area contributed by atoms with E-state index in [9.17, 15) is 0 Å². The van der Waals surface area contributed by atoms with Crippen molar-refractivity contribution in [3.8, 4) is 5.75 Å². The van der Waals surface area contributed by atoms with Crippen molar-refractivity contribution in [2.24, 2.45) is 0 Å². The Kier molecular flexibility index (Phi) is 2.70. The van der Waals surface area contributed by atoms with Crippen molar-refractivity contribution in [3.63, 3.8) is 0 Å². The Morgan fingerprint density at radius 3 is 3.14 bits per heavy atom. The second-order valence-electron chi connectivity index (χ2n) is 3.53. The lowest BCUT2D eigenvalue weighted by Gasteiger charge is -2.22. The summed E-state index contributed by atoms with van der Waals surface area (Å²) in [5.74, 6) is 1.00. The van der Waals surface area contributed by atoms with E-state index in [-0.39, 0.29) is 12.5 Å². The molecule has 0 spiro atoms. The monoisotopic (exact) mass is 194 g/mol. The van der Waals surface area contributed by atoms with Gasteiger partial charge in [-0.15, -0.1) is 0 Å². The van der Waals surface area contributed by atoms with Gasteiger partial charge in [-0.3, -0.25) is 0 Å². The maximum atomic E-state index is 9.10. The molecule has 1 aromatic carbocycles. The summed E-state index contributed by atoms with van der Waals surface area (Å²) in [6, 6.07) is 5.95. The Labute approximate surface area is 83.3 Å². The molecule has 1 heterocycles. The molecule has 76 valence electrons. The van der Waals surface area contributed by atoms with Gasteiger partial charge < -0.3 is 14.6 Å². The summed E-state index contributed by atoms with van der Waals surface area (Å²) in [7, 11) is 0. The Balaban J connectivity index is 2.39. The van der Waals surface area contributed by atoms with Crippen molar-refractivity contribution in [2.45, 2.75) is 19.4 Å². The van der Waals surface area contributed by atoms with Crippen LogP contribution in [0.2, 0.25) is 0 Å². The number of fused-ring (bicyclic) bond motifs is 1. The Morgan fingerprint density at radius 1 is 1.50 bits per heavy atom. The summed E-state index contributed by atoms with van der Waals surface area (Å²) in [5.41, 5.74) is 2.13. The third-order valence-electron chi connectivity index (χ3n) is 2.48. The molecule has 1 atom stereocenters.